The van der Waals surface area contributed by atoms with E-state index < -0.39 is 0 Å². The first-order valence-electron chi connectivity index (χ1n) is 8.97. The van der Waals surface area contributed by atoms with Crippen LogP contribution in [0.25, 0.3) is 11.0 Å². The number of fused-ring (bicyclic) bond motifs is 1. The summed E-state index contributed by atoms with van der Waals surface area (Å²) in [6, 6.07) is 16.1. The van der Waals surface area contributed by atoms with Gasteiger partial charge in [-0.15, -0.1) is 5.10 Å². The minimum absolute atomic E-state index is 0.158. The second kappa shape index (κ2) is 8.54. The number of para-hydroxylation sites is 1. The highest BCUT2D eigenvalue weighted by Gasteiger charge is 2.16. The first kappa shape index (κ1) is 19.9. The molecule has 1 N–H and O–H groups in total. The molecule has 0 aliphatic heterocycles. The summed E-state index contributed by atoms with van der Waals surface area (Å²) in [7, 11) is 3.68. The van der Waals surface area contributed by atoms with Gasteiger partial charge in [0.1, 0.15) is 11.2 Å². The van der Waals surface area contributed by atoms with Crippen LogP contribution in [0.3, 0.4) is 0 Å². The van der Waals surface area contributed by atoms with E-state index in [0.29, 0.717) is 23.1 Å². The first-order chi connectivity index (χ1) is 14.0. The van der Waals surface area contributed by atoms with Crippen LogP contribution in [0.1, 0.15) is 11.3 Å². The molecular weight excluding hydrogens is 499 g/mol. The predicted octanol–water partition coefficient (Wildman–Crippen LogP) is 3.53. The third-order valence-corrected chi connectivity index (χ3v) is 6.06. The van der Waals surface area contributed by atoms with Gasteiger partial charge in [-0.05, 0) is 52.4 Å². The molecule has 0 saturated heterocycles. The Balaban J connectivity index is 1.65. The standard InChI is InChI=1S/C20H19IN6OS/c1-26(2)18-16(11-27-17-6-4-3-5-15(17)24-25-27)22-20(23-19(18)28)29-12-13-7-9-14(21)10-8-13/h3-10H,11-12H2,1-2H3,(H,22,23,28). The molecule has 0 bridgehead atoms. The number of benzene rings is 2. The summed E-state index contributed by atoms with van der Waals surface area (Å²) in [5.74, 6) is 0.729. The highest BCUT2D eigenvalue weighted by atomic mass is 127. The van der Waals surface area contributed by atoms with E-state index in [9.17, 15) is 4.79 Å². The zero-order valence-electron chi connectivity index (χ0n) is 16.0. The monoisotopic (exact) mass is 518 g/mol. The van der Waals surface area contributed by atoms with Gasteiger partial charge < -0.3 is 4.90 Å². The van der Waals surface area contributed by atoms with Gasteiger partial charge in [0.05, 0.1) is 17.8 Å². The van der Waals surface area contributed by atoms with Crippen LogP contribution in [-0.4, -0.2) is 39.1 Å². The summed E-state index contributed by atoms with van der Waals surface area (Å²) in [5.41, 5.74) is 3.94. The van der Waals surface area contributed by atoms with Crippen LogP contribution in [0, 0.1) is 3.57 Å². The number of hydrogen-bond acceptors (Lipinski definition) is 6. The van der Waals surface area contributed by atoms with Gasteiger partial charge in [0.15, 0.2) is 5.16 Å². The van der Waals surface area contributed by atoms with E-state index in [0.717, 1.165) is 16.8 Å². The number of rotatable bonds is 6. The maximum atomic E-state index is 12.8. The third-order valence-electron chi connectivity index (χ3n) is 4.40. The summed E-state index contributed by atoms with van der Waals surface area (Å²) < 4.78 is 2.97. The Hall–Kier alpha value is -2.40. The molecule has 0 spiro atoms. The topological polar surface area (TPSA) is 79.7 Å². The molecule has 4 rings (SSSR count). The highest BCUT2D eigenvalue weighted by Crippen LogP contribution is 2.22. The Morgan fingerprint density at radius 2 is 1.90 bits per heavy atom. The van der Waals surface area contributed by atoms with Gasteiger partial charge in [-0.1, -0.05) is 41.2 Å². The zero-order valence-corrected chi connectivity index (χ0v) is 18.9. The van der Waals surface area contributed by atoms with Gasteiger partial charge in [0.25, 0.3) is 5.56 Å². The molecule has 2 heterocycles. The number of H-pyrrole nitrogens is 1. The summed E-state index contributed by atoms with van der Waals surface area (Å²) in [5, 5.41) is 9.03. The van der Waals surface area contributed by atoms with Gasteiger partial charge in [0.2, 0.25) is 0 Å². The normalized spacial score (nSPS) is 11.1. The molecule has 0 aliphatic carbocycles. The van der Waals surface area contributed by atoms with Crippen molar-refractivity contribution in [1.29, 1.82) is 0 Å². The maximum Gasteiger partial charge on any atom is 0.275 e. The summed E-state index contributed by atoms with van der Waals surface area (Å²) >= 11 is 3.80. The molecule has 0 saturated carbocycles. The Labute approximate surface area is 185 Å². The van der Waals surface area contributed by atoms with Crippen LogP contribution in [0.4, 0.5) is 5.69 Å². The van der Waals surface area contributed by atoms with Crippen LogP contribution in [0.2, 0.25) is 0 Å². The minimum atomic E-state index is -0.158. The van der Waals surface area contributed by atoms with Crippen molar-refractivity contribution >= 4 is 51.1 Å². The molecule has 0 unspecified atom stereocenters. The SMILES string of the molecule is CN(C)c1c(Cn2nnc3ccccc32)nc(SCc2ccc(I)cc2)[nH]c1=O. The van der Waals surface area contributed by atoms with Gasteiger partial charge in [-0.25, -0.2) is 9.67 Å². The number of thioether (sulfide) groups is 1. The van der Waals surface area contributed by atoms with E-state index in [1.165, 1.54) is 20.9 Å². The average Bonchev–Trinajstić information content (AvgIpc) is 3.10. The summed E-state index contributed by atoms with van der Waals surface area (Å²) in [4.78, 5) is 22.2. The number of aromatic amines is 1. The molecule has 0 aliphatic rings. The van der Waals surface area contributed by atoms with E-state index in [4.69, 9.17) is 4.98 Å². The first-order valence-corrected chi connectivity index (χ1v) is 11.0. The number of aromatic nitrogens is 5. The van der Waals surface area contributed by atoms with E-state index >= 15 is 0 Å². The fraction of sp³-hybridized carbons (Fsp3) is 0.200. The lowest BCUT2D eigenvalue weighted by Gasteiger charge is -2.16. The highest BCUT2D eigenvalue weighted by molar-refractivity contribution is 14.1. The van der Waals surface area contributed by atoms with Gasteiger partial charge >= 0.3 is 0 Å². The molecule has 0 atom stereocenters. The molecule has 148 valence electrons. The third kappa shape index (κ3) is 4.45. The van der Waals surface area contributed by atoms with Gasteiger partial charge in [-0.2, -0.15) is 0 Å². The molecule has 0 fully saturated rings. The molecule has 2 aromatic carbocycles. The zero-order chi connectivity index (χ0) is 20.4. The lowest BCUT2D eigenvalue weighted by Crippen LogP contribution is -2.25. The minimum Gasteiger partial charge on any atom is -0.372 e. The van der Waals surface area contributed by atoms with Crippen molar-refractivity contribution in [1.82, 2.24) is 25.0 Å². The van der Waals surface area contributed by atoms with Crippen molar-refractivity contribution in [2.45, 2.75) is 17.5 Å². The Kier molecular flexibility index (Phi) is 5.86. The van der Waals surface area contributed by atoms with Crippen LogP contribution in [-0.2, 0) is 12.3 Å². The number of anilines is 1. The van der Waals surface area contributed by atoms with Crippen LogP contribution in [0.5, 0.6) is 0 Å². The number of nitrogens with one attached hydrogen (secondary N) is 1. The summed E-state index contributed by atoms with van der Waals surface area (Å²) in [6.07, 6.45) is 0. The molecular formula is C20H19IN6OS. The molecule has 7 nitrogen and oxygen atoms in total. The second-order valence-electron chi connectivity index (χ2n) is 6.71. The fourth-order valence-electron chi connectivity index (χ4n) is 3.04. The molecule has 9 heteroatoms. The Bertz CT molecular complexity index is 1200. The average molecular weight is 518 g/mol. The largest absolute Gasteiger partial charge is 0.372 e. The molecule has 0 radical (unpaired) electrons. The Morgan fingerprint density at radius 3 is 2.66 bits per heavy atom. The lowest BCUT2D eigenvalue weighted by atomic mass is 10.2. The fourth-order valence-corrected chi connectivity index (χ4v) is 4.23. The van der Waals surface area contributed by atoms with E-state index in [-0.39, 0.29) is 5.56 Å². The van der Waals surface area contributed by atoms with E-state index in [1.54, 1.807) is 9.58 Å². The quantitative estimate of drug-likeness (QED) is 0.239. The number of hydrogen-bond donors (Lipinski definition) is 1. The molecule has 29 heavy (non-hydrogen) atoms. The lowest BCUT2D eigenvalue weighted by molar-refractivity contribution is 0.647. The maximum absolute atomic E-state index is 12.8. The van der Waals surface area contributed by atoms with Crippen molar-refractivity contribution in [3.05, 3.63) is 73.7 Å². The predicted molar refractivity (Wildman–Crippen MR) is 125 cm³/mol. The van der Waals surface area contributed by atoms with Crippen molar-refractivity contribution in [3.63, 3.8) is 0 Å². The van der Waals surface area contributed by atoms with Crippen molar-refractivity contribution in [2.75, 3.05) is 19.0 Å². The van der Waals surface area contributed by atoms with Gasteiger partial charge in [0, 0.05) is 23.4 Å². The molecule has 2 aromatic heterocycles. The number of nitrogens with zero attached hydrogens (tertiary/aromatic N) is 5. The Morgan fingerprint density at radius 1 is 1.14 bits per heavy atom. The van der Waals surface area contributed by atoms with Crippen molar-refractivity contribution in [3.8, 4) is 0 Å². The van der Waals surface area contributed by atoms with E-state index in [1.807, 2.05) is 38.4 Å². The molecule has 4 aromatic rings. The smallest absolute Gasteiger partial charge is 0.275 e. The number of halogens is 1. The van der Waals surface area contributed by atoms with E-state index in [2.05, 4.69) is 62.2 Å². The van der Waals surface area contributed by atoms with Crippen molar-refractivity contribution < 1.29 is 0 Å². The van der Waals surface area contributed by atoms with Crippen LogP contribution in [0.15, 0.2) is 58.5 Å². The second-order valence-corrected chi connectivity index (χ2v) is 8.92. The molecule has 0 amide bonds. The summed E-state index contributed by atoms with van der Waals surface area (Å²) in [6.45, 7) is 0.370. The van der Waals surface area contributed by atoms with Gasteiger partial charge in [-0.3, -0.25) is 9.78 Å². The van der Waals surface area contributed by atoms with Crippen LogP contribution < -0.4 is 10.5 Å². The van der Waals surface area contributed by atoms with Crippen LogP contribution >= 0.6 is 34.4 Å². The van der Waals surface area contributed by atoms with Crippen molar-refractivity contribution in [2.24, 2.45) is 0 Å².